The lowest BCUT2D eigenvalue weighted by Crippen LogP contribution is -2.36. The normalized spacial score (nSPS) is 18.7. The van der Waals surface area contributed by atoms with Crippen molar-refractivity contribution in [2.24, 2.45) is 11.7 Å². The monoisotopic (exact) mass is 277 g/mol. The first kappa shape index (κ1) is 13.0. The third kappa shape index (κ3) is 2.78. The molecule has 4 nitrogen and oxygen atoms in total. The van der Waals surface area contributed by atoms with E-state index in [4.69, 9.17) is 5.73 Å². The molecule has 1 fully saturated rings. The Morgan fingerprint density at radius 1 is 1.53 bits per heavy atom. The summed E-state index contributed by atoms with van der Waals surface area (Å²) in [5.41, 5.74) is 9.39. The molecule has 2 atom stereocenters. The number of H-pyrrole nitrogens is 1. The first-order chi connectivity index (χ1) is 9.17. The molecule has 3 rings (SSSR count). The largest absolute Gasteiger partial charge is 0.395 e. The lowest BCUT2D eigenvalue weighted by molar-refractivity contribution is 0.277. The zero-order valence-corrected chi connectivity index (χ0v) is 11.8. The van der Waals surface area contributed by atoms with Crippen molar-refractivity contribution in [3.8, 4) is 0 Å². The number of aryl methyl sites for hydroxylation is 1. The van der Waals surface area contributed by atoms with E-state index in [1.165, 1.54) is 18.4 Å². The zero-order valence-electron chi connectivity index (χ0n) is 11.0. The van der Waals surface area contributed by atoms with Crippen LogP contribution in [-0.4, -0.2) is 33.0 Å². The third-order valence-corrected chi connectivity index (χ3v) is 4.84. The molecule has 0 bridgehead atoms. The highest BCUT2D eigenvalue weighted by molar-refractivity contribution is 7.99. The van der Waals surface area contributed by atoms with Gasteiger partial charge in [0, 0.05) is 6.04 Å². The molecule has 5 heteroatoms. The van der Waals surface area contributed by atoms with Gasteiger partial charge in [0.15, 0.2) is 5.16 Å². The van der Waals surface area contributed by atoms with Crippen LogP contribution in [0.3, 0.4) is 0 Å². The van der Waals surface area contributed by atoms with Crippen LogP contribution < -0.4 is 5.73 Å². The number of nitrogens with two attached hydrogens (primary N) is 1. The summed E-state index contributed by atoms with van der Waals surface area (Å²) in [6, 6.07) is 6.21. The van der Waals surface area contributed by atoms with Crippen LogP contribution in [0, 0.1) is 12.8 Å². The number of nitrogens with zero attached hydrogens (tertiary/aromatic N) is 1. The second kappa shape index (κ2) is 5.15. The molecule has 1 aliphatic carbocycles. The summed E-state index contributed by atoms with van der Waals surface area (Å²) in [7, 11) is 0. The molecule has 1 aromatic carbocycles. The predicted molar refractivity (Wildman–Crippen MR) is 78.3 cm³/mol. The van der Waals surface area contributed by atoms with Gasteiger partial charge in [-0.05, 0) is 43.4 Å². The van der Waals surface area contributed by atoms with E-state index >= 15 is 0 Å². The summed E-state index contributed by atoms with van der Waals surface area (Å²) < 4.78 is 0. The fraction of sp³-hybridized carbons (Fsp3) is 0.500. The average Bonchev–Trinajstić information content (AvgIpc) is 3.16. The third-order valence-electron chi connectivity index (χ3n) is 3.65. The van der Waals surface area contributed by atoms with Crippen molar-refractivity contribution in [2.45, 2.75) is 36.2 Å². The van der Waals surface area contributed by atoms with Crippen molar-refractivity contribution in [3.05, 3.63) is 23.8 Å². The Balaban J connectivity index is 1.79. The number of aromatic amines is 1. The van der Waals surface area contributed by atoms with E-state index in [1.54, 1.807) is 11.8 Å². The number of thioether (sulfide) groups is 1. The Bertz CT molecular complexity index is 579. The maximum atomic E-state index is 9.51. The Labute approximate surface area is 116 Å². The molecule has 1 aliphatic rings. The van der Waals surface area contributed by atoms with Crippen molar-refractivity contribution < 1.29 is 5.11 Å². The number of benzene rings is 1. The molecule has 2 aromatic rings. The number of hydrogen-bond donors (Lipinski definition) is 3. The van der Waals surface area contributed by atoms with Gasteiger partial charge in [-0.2, -0.15) is 0 Å². The Morgan fingerprint density at radius 3 is 3.00 bits per heavy atom. The zero-order chi connectivity index (χ0) is 13.4. The van der Waals surface area contributed by atoms with Gasteiger partial charge in [0.2, 0.25) is 0 Å². The van der Waals surface area contributed by atoms with Gasteiger partial charge in [0.25, 0.3) is 0 Å². The van der Waals surface area contributed by atoms with Crippen molar-refractivity contribution in [1.29, 1.82) is 0 Å². The van der Waals surface area contributed by atoms with Crippen molar-refractivity contribution in [2.75, 3.05) is 6.61 Å². The van der Waals surface area contributed by atoms with Gasteiger partial charge < -0.3 is 15.8 Å². The van der Waals surface area contributed by atoms with Gasteiger partial charge in [-0.1, -0.05) is 17.8 Å². The summed E-state index contributed by atoms with van der Waals surface area (Å²) in [6.45, 7) is 2.16. The number of imidazole rings is 1. The number of hydrogen-bond acceptors (Lipinski definition) is 4. The number of nitrogens with one attached hydrogen (secondary N) is 1. The summed E-state index contributed by atoms with van der Waals surface area (Å²) in [5.74, 6) is 0.580. The lowest BCUT2D eigenvalue weighted by Gasteiger charge is -2.19. The summed E-state index contributed by atoms with van der Waals surface area (Å²) in [6.07, 6.45) is 2.38. The van der Waals surface area contributed by atoms with E-state index < -0.39 is 0 Å². The first-order valence-corrected chi connectivity index (χ1v) is 7.55. The van der Waals surface area contributed by atoms with Gasteiger partial charge in [-0.15, -0.1) is 0 Å². The Morgan fingerprint density at radius 2 is 2.32 bits per heavy atom. The number of aromatic nitrogens is 2. The smallest absolute Gasteiger partial charge is 0.166 e. The van der Waals surface area contributed by atoms with Crippen LogP contribution >= 0.6 is 11.8 Å². The molecule has 19 heavy (non-hydrogen) atoms. The molecule has 0 spiro atoms. The molecule has 0 saturated heterocycles. The van der Waals surface area contributed by atoms with Crippen LogP contribution in [0.2, 0.25) is 0 Å². The van der Waals surface area contributed by atoms with Gasteiger partial charge in [0.05, 0.1) is 22.9 Å². The molecule has 0 radical (unpaired) electrons. The van der Waals surface area contributed by atoms with Crippen molar-refractivity contribution in [1.82, 2.24) is 9.97 Å². The number of rotatable bonds is 5. The highest BCUT2D eigenvalue weighted by Gasteiger charge is 2.34. The predicted octanol–water partition coefficient (Wildman–Crippen LogP) is 2.06. The van der Waals surface area contributed by atoms with E-state index in [-0.39, 0.29) is 17.9 Å². The van der Waals surface area contributed by atoms with Crippen LogP contribution in [0.15, 0.2) is 23.4 Å². The molecule has 102 valence electrons. The van der Waals surface area contributed by atoms with Gasteiger partial charge in [-0.25, -0.2) is 4.98 Å². The van der Waals surface area contributed by atoms with Gasteiger partial charge in [-0.3, -0.25) is 0 Å². The van der Waals surface area contributed by atoms with Crippen LogP contribution in [0.4, 0.5) is 0 Å². The molecule has 4 N–H and O–H groups in total. The molecule has 0 aliphatic heterocycles. The number of fused-ring (bicyclic) bond motifs is 1. The topological polar surface area (TPSA) is 74.9 Å². The first-order valence-electron chi connectivity index (χ1n) is 6.67. The number of aliphatic hydroxyl groups excluding tert-OH is 1. The minimum Gasteiger partial charge on any atom is -0.395 e. The quantitative estimate of drug-likeness (QED) is 0.731. The summed E-state index contributed by atoms with van der Waals surface area (Å²) in [4.78, 5) is 7.85. The fourth-order valence-corrected chi connectivity index (χ4v) is 3.38. The van der Waals surface area contributed by atoms with E-state index in [2.05, 4.69) is 29.0 Å². The minimum absolute atomic E-state index is 0.0224. The lowest BCUT2D eigenvalue weighted by atomic mass is 10.1. The average molecular weight is 277 g/mol. The second-order valence-corrected chi connectivity index (χ2v) is 6.54. The maximum Gasteiger partial charge on any atom is 0.166 e. The highest BCUT2D eigenvalue weighted by atomic mass is 32.2. The van der Waals surface area contributed by atoms with Crippen LogP contribution in [0.5, 0.6) is 0 Å². The van der Waals surface area contributed by atoms with E-state index in [0.717, 1.165) is 16.2 Å². The molecular weight excluding hydrogens is 258 g/mol. The summed E-state index contributed by atoms with van der Waals surface area (Å²) in [5, 5.41) is 10.4. The number of aliphatic hydroxyl groups is 1. The van der Waals surface area contributed by atoms with E-state index in [1.807, 2.05) is 6.07 Å². The van der Waals surface area contributed by atoms with Crippen LogP contribution in [0.25, 0.3) is 11.0 Å². The van der Waals surface area contributed by atoms with E-state index in [9.17, 15) is 5.11 Å². The molecule has 2 unspecified atom stereocenters. The molecule has 1 aromatic heterocycles. The SMILES string of the molecule is Cc1ccc2nc(SC(CO)C(N)C3CC3)[nH]c2c1. The van der Waals surface area contributed by atoms with Crippen LogP contribution in [-0.2, 0) is 0 Å². The van der Waals surface area contributed by atoms with Crippen LogP contribution in [0.1, 0.15) is 18.4 Å². The highest BCUT2D eigenvalue weighted by Crippen LogP contribution is 2.37. The second-order valence-electron chi connectivity index (χ2n) is 5.32. The van der Waals surface area contributed by atoms with Gasteiger partial charge >= 0.3 is 0 Å². The summed E-state index contributed by atoms with van der Waals surface area (Å²) >= 11 is 1.56. The van der Waals surface area contributed by atoms with E-state index in [0.29, 0.717) is 5.92 Å². The Kier molecular flexibility index (Phi) is 3.52. The molecule has 0 amide bonds. The van der Waals surface area contributed by atoms with Crippen molar-refractivity contribution in [3.63, 3.8) is 0 Å². The van der Waals surface area contributed by atoms with Crippen molar-refractivity contribution >= 4 is 22.8 Å². The van der Waals surface area contributed by atoms with Gasteiger partial charge in [0.1, 0.15) is 0 Å². The molecule has 1 heterocycles. The minimum atomic E-state index is 0.0224. The maximum absolute atomic E-state index is 9.51. The fourth-order valence-electron chi connectivity index (χ4n) is 2.32. The standard InChI is InChI=1S/C14H19N3OS/c1-8-2-5-10-11(6-8)17-14(16-10)19-12(7-18)13(15)9-3-4-9/h2,5-6,9,12-13,18H,3-4,7,15H2,1H3,(H,16,17). The Hall–Kier alpha value is -1.04. The molecule has 1 saturated carbocycles. The molecular formula is C14H19N3OS.